The summed E-state index contributed by atoms with van der Waals surface area (Å²) in [5.74, 6) is 1.96. The molecule has 2 aliphatic rings. The van der Waals surface area contributed by atoms with E-state index in [0.717, 1.165) is 44.4 Å². The Morgan fingerprint density at radius 1 is 1.07 bits per heavy atom. The Morgan fingerprint density at radius 2 is 1.86 bits per heavy atom. The molecule has 2 aliphatic heterocycles. The smallest absolute Gasteiger partial charge is 0.191 e. The maximum Gasteiger partial charge on any atom is 0.191 e. The van der Waals surface area contributed by atoms with Gasteiger partial charge in [-0.2, -0.15) is 0 Å². The van der Waals surface area contributed by atoms with Gasteiger partial charge >= 0.3 is 0 Å². The monoisotopic (exact) mass is 389 g/mol. The Morgan fingerprint density at radius 3 is 2.57 bits per heavy atom. The minimum atomic E-state index is 0.237. The molecule has 6 nitrogen and oxygen atoms in total. The third-order valence-corrected chi connectivity index (χ3v) is 5.86. The number of nitrogens with zero attached hydrogens (tertiary/aromatic N) is 3. The van der Waals surface area contributed by atoms with Gasteiger partial charge in [0, 0.05) is 13.1 Å². The van der Waals surface area contributed by atoms with Crippen LogP contribution in [0.15, 0.2) is 27.8 Å². The average Bonchev–Trinajstić information content (AvgIpc) is 3.43. The molecule has 1 aromatic rings. The van der Waals surface area contributed by atoms with Gasteiger partial charge in [0.25, 0.3) is 0 Å². The summed E-state index contributed by atoms with van der Waals surface area (Å²) in [6.45, 7) is 10.8. The first-order chi connectivity index (χ1) is 13.9. The second kappa shape index (κ2) is 12.1. The van der Waals surface area contributed by atoms with Crippen LogP contribution in [0.4, 0.5) is 0 Å². The number of nitrogens with one attached hydrogen (secondary N) is 2. The molecule has 0 aliphatic carbocycles. The number of furan rings is 1. The molecule has 0 spiro atoms. The SMILES string of the molecule is CCNC(=NCC(c1ccco1)N1CCCCC1)NCCCCN1CCCC1. The van der Waals surface area contributed by atoms with Gasteiger partial charge < -0.3 is 20.0 Å². The van der Waals surface area contributed by atoms with Crippen LogP contribution < -0.4 is 10.6 Å². The van der Waals surface area contributed by atoms with Gasteiger partial charge in [0.05, 0.1) is 18.8 Å². The van der Waals surface area contributed by atoms with Gasteiger partial charge in [-0.1, -0.05) is 6.42 Å². The Bertz CT molecular complexity index is 547. The Kier molecular flexibility index (Phi) is 9.17. The molecule has 2 N–H and O–H groups in total. The first-order valence-electron chi connectivity index (χ1n) is 11.4. The molecule has 158 valence electrons. The van der Waals surface area contributed by atoms with Crippen molar-refractivity contribution in [2.24, 2.45) is 4.99 Å². The lowest BCUT2D eigenvalue weighted by molar-refractivity contribution is 0.150. The molecule has 2 fully saturated rings. The first kappa shape index (κ1) is 21.2. The number of piperidine rings is 1. The molecule has 0 aromatic carbocycles. The van der Waals surface area contributed by atoms with Crippen LogP contribution in [0.3, 0.4) is 0 Å². The highest BCUT2D eigenvalue weighted by Crippen LogP contribution is 2.25. The highest BCUT2D eigenvalue weighted by Gasteiger charge is 2.24. The van der Waals surface area contributed by atoms with Gasteiger partial charge in [-0.05, 0) is 90.3 Å². The van der Waals surface area contributed by atoms with Crippen molar-refractivity contribution in [2.45, 2.75) is 57.9 Å². The summed E-state index contributed by atoms with van der Waals surface area (Å²) in [5.41, 5.74) is 0. The predicted molar refractivity (Wildman–Crippen MR) is 116 cm³/mol. The number of rotatable bonds is 10. The summed E-state index contributed by atoms with van der Waals surface area (Å²) in [5, 5.41) is 6.92. The van der Waals surface area contributed by atoms with Crippen LogP contribution >= 0.6 is 0 Å². The molecule has 0 amide bonds. The number of hydrogen-bond acceptors (Lipinski definition) is 4. The molecule has 2 saturated heterocycles. The summed E-state index contributed by atoms with van der Waals surface area (Å²) in [7, 11) is 0. The van der Waals surface area contributed by atoms with E-state index < -0.39 is 0 Å². The molecule has 3 rings (SSSR count). The van der Waals surface area contributed by atoms with Gasteiger partial charge in [0.15, 0.2) is 5.96 Å². The van der Waals surface area contributed by atoms with E-state index in [4.69, 9.17) is 9.41 Å². The zero-order valence-electron chi connectivity index (χ0n) is 17.7. The standard InChI is InChI=1S/C22H39N5O/c1-2-23-22(24-12-4-7-13-26-14-8-9-15-26)25-19-20(21-11-10-18-28-21)27-16-5-3-6-17-27/h10-11,18,20H,2-9,12-17,19H2,1H3,(H2,23,24,25). The maximum atomic E-state index is 5.75. The van der Waals surface area contributed by atoms with E-state index >= 15 is 0 Å². The molecule has 28 heavy (non-hydrogen) atoms. The Balaban J connectivity index is 1.47. The third-order valence-electron chi connectivity index (χ3n) is 5.86. The molecule has 0 bridgehead atoms. The number of unbranched alkanes of at least 4 members (excludes halogenated alkanes) is 1. The Hall–Kier alpha value is -1.53. The van der Waals surface area contributed by atoms with Gasteiger partial charge in [-0.3, -0.25) is 9.89 Å². The van der Waals surface area contributed by atoms with Crippen molar-refractivity contribution in [3.05, 3.63) is 24.2 Å². The van der Waals surface area contributed by atoms with E-state index in [1.54, 1.807) is 6.26 Å². The molecule has 3 heterocycles. The topological polar surface area (TPSA) is 56.0 Å². The summed E-state index contributed by atoms with van der Waals surface area (Å²) in [6, 6.07) is 4.31. The second-order valence-corrected chi connectivity index (χ2v) is 8.03. The van der Waals surface area contributed by atoms with Crippen LogP contribution in [0.2, 0.25) is 0 Å². The summed E-state index contributed by atoms with van der Waals surface area (Å²) < 4.78 is 5.75. The zero-order valence-corrected chi connectivity index (χ0v) is 17.7. The van der Waals surface area contributed by atoms with E-state index in [1.807, 2.05) is 6.07 Å². The lowest BCUT2D eigenvalue weighted by Crippen LogP contribution is -2.40. The molecular weight excluding hydrogens is 350 g/mol. The van der Waals surface area contributed by atoms with Crippen LogP contribution in [0, 0.1) is 0 Å². The average molecular weight is 390 g/mol. The van der Waals surface area contributed by atoms with E-state index in [1.165, 1.54) is 64.6 Å². The van der Waals surface area contributed by atoms with Crippen molar-refractivity contribution in [1.82, 2.24) is 20.4 Å². The third kappa shape index (κ3) is 6.82. The van der Waals surface area contributed by atoms with Crippen LogP contribution in [-0.2, 0) is 0 Å². The van der Waals surface area contributed by atoms with Crippen molar-refractivity contribution < 1.29 is 4.42 Å². The van der Waals surface area contributed by atoms with Crippen molar-refractivity contribution >= 4 is 5.96 Å². The number of hydrogen-bond donors (Lipinski definition) is 2. The fraction of sp³-hybridized carbons (Fsp3) is 0.773. The largest absolute Gasteiger partial charge is 0.468 e. The molecule has 1 unspecified atom stereocenters. The quantitative estimate of drug-likeness (QED) is 0.365. The second-order valence-electron chi connectivity index (χ2n) is 8.03. The molecule has 0 saturated carbocycles. The highest BCUT2D eigenvalue weighted by atomic mass is 16.3. The van der Waals surface area contributed by atoms with Gasteiger partial charge in [-0.25, -0.2) is 0 Å². The lowest BCUT2D eigenvalue weighted by atomic mass is 10.1. The van der Waals surface area contributed by atoms with E-state index in [-0.39, 0.29) is 6.04 Å². The fourth-order valence-corrected chi connectivity index (χ4v) is 4.29. The molecule has 1 atom stereocenters. The summed E-state index contributed by atoms with van der Waals surface area (Å²) in [4.78, 5) is 10.0. The van der Waals surface area contributed by atoms with Crippen LogP contribution in [-0.4, -0.2) is 68.1 Å². The summed E-state index contributed by atoms with van der Waals surface area (Å²) >= 11 is 0. The molecule has 0 radical (unpaired) electrons. The number of aliphatic imine (C=N–C) groups is 1. The van der Waals surface area contributed by atoms with Crippen LogP contribution in [0.25, 0.3) is 0 Å². The van der Waals surface area contributed by atoms with Gasteiger partial charge in [0.1, 0.15) is 5.76 Å². The van der Waals surface area contributed by atoms with E-state index in [9.17, 15) is 0 Å². The molecule has 1 aromatic heterocycles. The Labute approximate surface area is 170 Å². The molecular formula is C22H39N5O. The number of likely N-dealkylation sites (tertiary alicyclic amines) is 2. The molecule has 6 heteroatoms. The first-order valence-corrected chi connectivity index (χ1v) is 11.4. The van der Waals surface area contributed by atoms with Crippen molar-refractivity contribution in [2.75, 3.05) is 52.4 Å². The van der Waals surface area contributed by atoms with Crippen molar-refractivity contribution in [1.29, 1.82) is 0 Å². The fourth-order valence-electron chi connectivity index (χ4n) is 4.29. The minimum absolute atomic E-state index is 0.237. The van der Waals surface area contributed by atoms with Gasteiger partial charge in [0.2, 0.25) is 0 Å². The lowest BCUT2D eigenvalue weighted by Gasteiger charge is -2.32. The predicted octanol–water partition coefficient (Wildman–Crippen LogP) is 3.24. The van der Waals surface area contributed by atoms with Crippen LogP contribution in [0.1, 0.15) is 63.7 Å². The van der Waals surface area contributed by atoms with Crippen LogP contribution in [0.5, 0.6) is 0 Å². The van der Waals surface area contributed by atoms with Crippen molar-refractivity contribution in [3.63, 3.8) is 0 Å². The van der Waals surface area contributed by atoms with E-state index in [0.29, 0.717) is 0 Å². The zero-order chi connectivity index (χ0) is 19.4. The highest BCUT2D eigenvalue weighted by molar-refractivity contribution is 5.79. The summed E-state index contributed by atoms with van der Waals surface area (Å²) in [6.07, 6.45) is 10.9. The normalized spacial score (nSPS) is 20.4. The van der Waals surface area contributed by atoms with Crippen molar-refractivity contribution in [3.8, 4) is 0 Å². The maximum absolute atomic E-state index is 5.75. The van der Waals surface area contributed by atoms with E-state index in [2.05, 4.69) is 33.4 Å². The number of guanidine groups is 1. The van der Waals surface area contributed by atoms with Gasteiger partial charge in [-0.15, -0.1) is 0 Å². The minimum Gasteiger partial charge on any atom is -0.468 e.